The largest absolute Gasteiger partial charge is 0.497 e. The highest BCUT2D eigenvalue weighted by Crippen LogP contribution is 2.22. The van der Waals surface area contributed by atoms with Crippen molar-refractivity contribution in [3.8, 4) is 5.75 Å². The smallest absolute Gasteiger partial charge is 0.390 e. The summed E-state index contributed by atoms with van der Waals surface area (Å²) in [6.07, 6.45) is -5.01. The third-order valence-corrected chi connectivity index (χ3v) is 2.53. The van der Waals surface area contributed by atoms with Crippen molar-refractivity contribution >= 4 is 5.69 Å². The summed E-state index contributed by atoms with van der Waals surface area (Å²) >= 11 is 0. The highest BCUT2D eigenvalue weighted by Gasteiger charge is 2.29. The van der Waals surface area contributed by atoms with Crippen LogP contribution in [0.3, 0.4) is 0 Å². The van der Waals surface area contributed by atoms with E-state index in [1.165, 1.54) is 14.0 Å². The Balaban J connectivity index is 2.53. The molecular formula is C12H17F3N2O. The van der Waals surface area contributed by atoms with E-state index in [4.69, 9.17) is 10.5 Å². The Morgan fingerprint density at radius 2 is 2.06 bits per heavy atom. The number of anilines is 1. The molecule has 1 atom stereocenters. The van der Waals surface area contributed by atoms with E-state index in [-0.39, 0.29) is 0 Å². The van der Waals surface area contributed by atoms with Gasteiger partial charge in [0.2, 0.25) is 0 Å². The summed E-state index contributed by atoms with van der Waals surface area (Å²) in [5.74, 6) is 0.625. The third-order valence-electron chi connectivity index (χ3n) is 2.53. The summed E-state index contributed by atoms with van der Waals surface area (Å²) in [4.78, 5) is 0. The Hall–Kier alpha value is -1.43. The summed E-state index contributed by atoms with van der Waals surface area (Å²) in [7, 11) is 1.53. The highest BCUT2D eigenvalue weighted by atomic mass is 19.4. The normalized spacial score (nSPS) is 13.4. The van der Waals surface area contributed by atoms with Gasteiger partial charge >= 0.3 is 6.18 Å². The molecular weight excluding hydrogens is 245 g/mol. The van der Waals surface area contributed by atoms with Crippen LogP contribution in [-0.2, 0) is 6.54 Å². The Labute approximate surface area is 104 Å². The zero-order chi connectivity index (χ0) is 13.8. The maximum absolute atomic E-state index is 12.1. The SMILES string of the molecule is COc1ccc(CNC(C)CC(F)(F)F)c(N)c1. The zero-order valence-electron chi connectivity index (χ0n) is 10.3. The molecule has 3 N–H and O–H groups in total. The zero-order valence-corrected chi connectivity index (χ0v) is 10.3. The molecule has 6 heteroatoms. The number of nitrogens with one attached hydrogen (secondary N) is 1. The van der Waals surface area contributed by atoms with Gasteiger partial charge in [0.05, 0.1) is 13.5 Å². The van der Waals surface area contributed by atoms with Gasteiger partial charge in [0.1, 0.15) is 5.75 Å². The maximum atomic E-state index is 12.1. The van der Waals surface area contributed by atoms with Crippen molar-refractivity contribution in [2.24, 2.45) is 0 Å². The molecule has 0 aromatic heterocycles. The lowest BCUT2D eigenvalue weighted by atomic mass is 10.1. The molecule has 0 radical (unpaired) electrons. The van der Waals surface area contributed by atoms with E-state index >= 15 is 0 Å². The molecule has 102 valence electrons. The number of halogens is 3. The number of nitrogens with two attached hydrogens (primary N) is 1. The van der Waals surface area contributed by atoms with Crippen LogP contribution in [0.25, 0.3) is 0 Å². The van der Waals surface area contributed by atoms with E-state index in [0.29, 0.717) is 18.0 Å². The van der Waals surface area contributed by atoms with Crippen LogP contribution < -0.4 is 15.8 Å². The number of hydrogen-bond acceptors (Lipinski definition) is 3. The molecule has 0 spiro atoms. The van der Waals surface area contributed by atoms with Crippen LogP contribution >= 0.6 is 0 Å². The number of ether oxygens (including phenoxy) is 1. The molecule has 0 aliphatic heterocycles. The van der Waals surface area contributed by atoms with Crippen LogP contribution in [0.4, 0.5) is 18.9 Å². The van der Waals surface area contributed by atoms with Gasteiger partial charge in [0, 0.05) is 24.3 Å². The lowest BCUT2D eigenvalue weighted by molar-refractivity contribution is -0.139. The molecule has 3 nitrogen and oxygen atoms in total. The number of hydrogen-bond donors (Lipinski definition) is 2. The van der Waals surface area contributed by atoms with Gasteiger partial charge in [-0.15, -0.1) is 0 Å². The van der Waals surface area contributed by atoms with Crippen LogP contribution in [0.1, 0.15) is 18.9 Å². The number of nitrogen functional groups attached to an aromatic ring is 1. The Bertz CT molecular complexity index is 393. The fraction of sp³-hybridized carbons (Fsp3) is 0.500. The summed E-state index contributed by atoms with van der Waals surface area (Å²) in [5.41, 5.74) is 7.02. The van der Waals surface area contributed by atoms with Crippen LogP contribution in [0, 0.1) is 0 Å². The summed E-state index contributed by atoms with van der Waals surface area (Å²) in [6, 6.07) is 4.46. The van der Waals surface area contributed by atoms with Crippen molar-refractivity contribution in [3.63, 3.8) is 0 Å². The second kappa shape index (κ2) is 5.95. The summed E-state index contributed by atoms with van der Waals surface area (Å²) in [5, 5.41) is 2.79. The van der Waals surface area contributed by atoms with Crippen molar-refractivity contribution in [2.45, 2.75) is 32.1 Å². The first-order valence-electron chi connectivity index (χ1n) is 5.54. The third kappa shape index (κ3) is 4.83. The Morgan fingerprint density at radius 1 is 1.39 bits per heavy atom. The molecule has 0 bridgehead atoms. The van der Waals surface area contributed by atoms with Crippen LogP contribution in [0.15, 0.2) is 18.2 Å². The van der Waals surface area contributed by atoms with Gasteiger partial charge < -0.3 is 15.8 Å². The number of rotatable bonds is 5. The fourth-order valence-electron chi connectivity index (χ4n) is 1.56. The van der Waals surface area contributed by atoms with Gasteiger partial charge in [0.25, 0.3) is 0 Å². The fourth-order valence-corrected chi connectivity index (χ4v) is 1.56. The molecule has 1 aromatic carbocycles. The molecule has 18 heavy (non-hydrogen) atoms. The van der Waals surface area contributed by atoms with Gasteiger partial charge in [-0.2, -0.15) is 13.2 Å². The first-order chi connectivity index (χ1) is 8.31. The lowest BCUT2D eigenvalue weighted by Crippen LogP contribution is -2.30. The first-order valence-corrected chi connectivity index (χ1v) is 5.54. The van der Waals surface area contributed by atoms with E-state index < -0.39 is 18.6 Å². The quantitative estimate of drug-likeness (QED) is 0.802. The van der Waals surface area contributed by atoms with E-state index in [1.807, 2.05) is 0 Å². The first kappa shape index (κ1) is 14.6. The van der Waals surface area contributed by atoms with Crippen molar-refractivity contribution in [1.29, 1.82) is 0 Å². The topological polar surface area (TPSA) is 47.3 Å². The molecule has 1 unspecified atom stereocenters. The van der Waals surface area contributed by atoms with Crippen LogP contribution in [0.5, 0.6) is 5.75 Å². The minimum absolute atomic E-state index is 0.299. The average molecular weight is 262 g/mol. The standard InChI is InChI=1S/C12H17F3N2O/c1-8(6-12(13,14)15)17-7-9-3-4-10(18-2)5-11(9)16/h3-5,8,17H,6-7,16H2,1-2H3. The molecule has 0 fully saturated rings. The minimum atomic E-state index is -4.15. The highest BCUT2D eigenvalue weighted by molar-refractivity contribution is 5.51. The monoisotopic (exact) mass is 262 g/mol. The van der Waals surface area contributed by atoms with Gasteiger partial charge in [-0.25, -0.2) is 0 Å². The van der Waals surface area contributed by atoms with Crippen LogP contribution in [0.2, 0.25) is 0 Å². The average Bonchev–Trinajstić information content (AvgIpc) is 2.25. The number of benzene rings is 1. The van der Waals surface area contributed by atoms with Gasteiger partial charge in [-0.3, -0.25) is 0 Å². The minimum Gasteiger partial charge on any atom is -0.497 e. The number of alkyl halides is 3. The molecule has 0 aliphatic carbocycles. The molecule has 0 saturated heterocycles. The second-order valence-corrected chi connectivity index (χ2v) is 4.17. The predicted octanol–water partition coefficient (Wildman–Crippen LogP) is 2.71. The van der Waals surface area contributed by atoms with Crippen molar-refractivity contribution in [1.82, 2.24) is 5.32 Å². The summed E-state index contributed by atoms with van der Waals surface area (Å²) in [6.45, 7) is 1.79. The van der Waals surface area contributed by atoms with E-state index in [1.54, 1.807) is 18.2 Å². The van der Waals surface area contributed by atoms with Crippen molar-refractivity contribution in [2.75, 3.05) is 12.8 Å². The van der Waals surface area contributed by atoms with E-state index in [2.05, 4.69) is 5.32 Å². The van der Waals surface area contributed by atoms with E-state index in [9.17, 15) is 13.2 Å². The maximum Gasteiger partial charge on any atom is 0.390 e. The molecule has 0 amide bonds. The molecule has 1 rings (SSSR count). The molecule has 0 saturated carbocycles. The van der Waals surface area contributed by atoms with Crippen LogP contribution in [-0.4, -0.2) is 19.3 Å². The Kier molecular flexibility index (Phi) is 4.84. The van der Waals surface area contributed by atoms with E-state index in [0.717, 1.165) is 5.56 Å². The Morgan fingerprint density at radius 3 is 2.56 bits per heavy atom. The molecule has 0 aliphatic rings. The van der Waals surface area contributed by atoms with Gasteiger partial charge in [-0.05, 0) is 18.6 Å². The van der Waals surface area contributed by atoms with Crippen molar-refractivity contribution < 1.29 is 17.9 Å². The predicted molar refractivity (Wildman–Crippen MR) is 64.4 cm³/mol. The number of methoxy groups -OCH3 is 1. The summed E-state index contributed by atoms with van der Waals surface area (Å²) < 4.78 is 41.4. The van der Waals surface area contributed by atoms with Gasteiger partial charge in [-0.1, -0.05) is 6.07 Å². The van der Waals surface area contributed by atoms with Gasteiger partial charge in [0.15, 0.2) is 0 Å². The van der Waals surface area contributed by atoms with Crippen molar-refractivity contribution in [3.05, 3.63) is 23.8 Å². The molecule has 1 aromatic rings. The molecule has 0 heterocycles. The second-order valence-electron chi connectivity index (χ2n) is 4.17. The lowest BCUT2D eigenvalue weighted by Gasteiger charge is -2.16.